The molecule has 0 aromatic heterocycles. The minimum Gasteiger partial charge on any atom is -0.378 e. The summed E-state index contributed by atoms with van der Waals surface area (Å²) in [7, 11) is 1.65. The largest absolute Gasteiger partial charge is 0.378 e. The Hall–Kier alpha value is -1.43. The molecule has 110 valence electrons. The normalized spacial score (nSPS) is 21.4. The quantitative estimate of drug-likeness (QED) is 0.838. The number of nitrogens with two attached hydrogens (primary N) is 1. The van der Waals surface area contributed by atoms with E-state index in [-0.39, 0.29) is 18.0 Å². The number of likely N-dealkylation sites (N-methyl/N-ethyl adjacent to an activating group) is 1. The third kappa shape index (κ3) is 3.17. The third-order valence-corrected chi connectivity index (χ3v) is 3.77. The first-order valence-electron chi connectivity index (χ1n) is 6.99. The molecule has 2 unspecified atom stereocenters. The van der Waals surface area contributed by atoms with Gasteiger partial charge < -0.3 is 15.8 Å². The molecule has 0 aliphatic carbocycles. The number of benzene rings is 1. The van der Waals surface area contributed by atoms with Crippen LogP contribution in [0.2, 0.25) is 0 Å². The molecule has 3 N–H and O–H groups in total. The zero-order chi connectivity index (χ0) is 14.5. The van der Waals surface area contributed by atoms with Gasteiger partial charge in [0.2, 0.25) is 5.91 Å². The lowest BCUT2D eigenvalue weighted by Gasteiger charge is -2.39. The summed E-state index contributed by atoms with van der Waals surface area (Å²) >= 11 is 0. The monoisotopic (exact) mass is 277 g/mol. The zero-order valence-corrected chi connectivity index (χ0v) is 12.1. The lowest BCUT2D eigenvalue weighted by Crippen LogP contribution is -2.55. The van der Waals surface area contributed by atoms with Crippen LogP contribution in [0.25, 0.3) is 0 Å². The van der Waals surface area contributed by atoms with Gasteiger partial charge in [0.05, 0.1) is 13.2 Å². The van der Waals surface area contributed by atoms with E-state index in [2.05, 4.69) is 35.3 Å². The molecule has 1 aliphatic heterocycles. The molecule has 1 fully saturated rings. The van der Waals surface area contributed by atoms with E-state index in [4.69, 9.17) is 10.5 Å². The van der Waals surface area contributed by atoms with Crippen LogP contribution in [0, 0.1) is 6.92 Å². The average molecular weight is 277 g/mol. The first-order valence-corrected chi connectivity index (χ1v) is 6.99. The standard InChI is InChI=1S/C15H23N3O2/c1-11-4-3-5-12(8-11)13(9-16)18-6-7-20-10-14(18)15(19)17-2/h3-5,8,13-14H,6-7,9-10,16H2,1-2H3,(H,17,19). The fourth-order valence-electron chi connectivity index (χ4n) is 2.72. The van der Waals surface area contributed by atoms with Crippen molar-refractivity contribution in [3.05, 3.63) is 35.4 Å². The van der Waals surface area contributed by atoms with E-state index in [1.54, 1.807) is 7.05 Å². The summed E-state index contributed by atoms with van der Waals surface area (Å²) in [5.41, 5.74) is 8.33. The SMILES string of the molecule is CNC(=O)C1COCCN1C(CN)c1cccc(C)c1. The smallest absolute Gasteiger partial charge is 0.239 e. The Bertz CT molecular complexity index is 464. The Morgan fingerprint density at radius 3 is 3.05 bits per heavy atom. The zero-order valence-electron chi connectivity index (χ0n) is 12.1. The second-order valence-corrected chi connectivity index (χ2v) is 5.11. The van der Waals surface area contributed by atoms with Gasteiger partial charge in [0.15, 0.2) is 0 Å². The van der Waals surface area contributed by atoms with Crippen molar-refractivity contribution >= 4 is 5.91 Å². The average Bonchev–Trinajstić information content (AvgIpc) is 2.48. The summed E-state index contributed by atoms with van der Waals surface area (Å²) in [6.07, 6.45) is 0. The molecule has 2 rings (SSSR count). The number of morpholine rings is 1. The fraction of sp³-hybridized carbons (Fsp3) is 0.533. The van der Waals surface area contributed by atoms with Crippen molar-refractivity contribution in [2.24, 2.45) is 5.73 Å². The predicted octanol–water partition coefficient (Wildman–Crippen LogP) is 0.442. The highest BCUT2D eigenvalue weighted by atomic mass is 16.5. The molecular weight excluding hydrogens is 254 g/mol. The van der Waals surface area contributed by atoms with Crippen molar-refractivity contribution in [2.45, 2.75) is 19.0 Å². The fourth-order valence-corrected chi connectivity index (χ4v) is 2.72. The van der Waals surface area contributed by atoms with Crippen molar-refractivity contribution in [2.75, 3.05) is 33.4 Å². The number of nitrogens with zero attached hydrogens (tertiary/aromatic N) is 1. The number of hydrogen-bond donors (Lipinski definition) is 2. The number of carbonyl (C=O) groups excluding carboxylic acids is 1. The van der Waals surface area contributed by atoms with Crippen LogP contribution in [0.15, 0.2) is 24.3 Å². The van der Waals surface area contributed by atoms with Crippen LogP contribution in [0.1, 0.15) is 17.2 Å². The number of rotatable bonds is 4. The number of carbonyl (C=O) groups is 1. The van der Waals surface area contributed by atoms with E-state index in [1.807, 2.05) is 6.07 Å². The summed E-state index contributed by atoms with van der Waals surface area (Å²) in [6, 6.07) is 8.06. The van der Waals surface area contributed by atoms with Crippen LogP contribution in [-0.4, -0.2) is 50.2 Å². The van der Waals surface area contributed by atoms with Crippen LogP contribution >= 0.6 is 0 Å². The number of ether oxygens (including phenoxy) is 1. The van der Waals surface area contributed by atoms with Gasteiger partial charge in [-0.25, -0.2) is 0 Å². The van der Waals surface area contributed by atoms with Gasteiger partial charge in [0.1, 0.15) is 6.04 Å². The Balaban J connectivity index is 2.26. The molecule has 2 atom stereocenters. The Morgan fingerprint density at radius 2 is 2.40 bits per heavy atom. The highest BCUT2D eigenvalue weighted by molar-refractivity contribution is 5.81. The first-order chi connectivity index (χ1) is 9.67. The summed E-state index contributed by atoms with van der Waals surface area (Å²) in [4.78, 5) is 14.2. The van der Waals surface area contributed by atoms with Crippen molar-refractivity contribution in [3.8, 4) is 0 Å². The van der Waals surface area contributed by atoms with Crippen LogP contribution in [-0.2, 0) is 9.53 Å². The molecule has 0 radical (unpaired) electrons. The summed E-state index contributed by atoms with van der Waals surface area (Å²) in [5.74, 6) is -0.0178. The lowest BCUT2D eigenvalue weighted by molar-refractivity contribution is -0.134. The molecule has 0 spiro atoms. The maximum atomic E-state index is 12.0. The van der Waals surface area contributed by atoms with Gasteiger partial charge in [-0.05, 0) is 12.5 Å². The Kier molecular flexibility index (Phi) is 5.11. The second-order valence-electron chi connectivity index (χ2n) is 5.11. The number of aryl methyl sites for hydroxylation is 1. The molecular formula is C15H23N3O2. The molecule has 1 amide bonds. The van der Waals surface area contributed by atoms with Gasteiger partial charge in [-0.3, -0.25) is 9.69 Å². The van der Waals surface area contributed by atoms with Crippen molar-refractivity contribution in [3.63, 3.8) is 0 Å². The van der Waals surface area contributed by atoms with Crippen molar-refractivity contribution in [1.29, 1.82) is 0 Å². The predicted molar refractivity (Wildman–Crippen MR) is 78.4 cm³/mol. The van der Waals surface area contributed by atoms with E-state index in [1.165, 1.54) is 5.56 Å². The first kappa shape index (κ1) is 15.0. The van der Waals surface area contributed by atoms with Crippen LogP contribution in [0.4, 0.5) is 0 Å². The molecule has 1 aliphatic rings. The van der Waals surface area contributed by atoms with E-state index >= 15 is 0 Å². The Labute approximate surface area is 120 Å². The highest BCUT2D eigenvalue weighted by Gasteiger charge is 2.33. The summed E-state index contributed by atoms with van der Waals surface area (Å²) in [5, 5.41) is 2.71. The van der Waals surface area contributed by atoms with Crippen LogP contribution < -0.4 is 11.1 Å². The van der Waals surface area contributed by atoms with Gasteiger partial charge in [0.25, 0.3) is 0 Å². The molecule has 5 nitrogen and oxygen atoms in total. The van der Waals surface area contributed by atoms with E-state index in [9.17, 15) is 4.79 Å². The minimum atomic E-state index is -0.275. The molecule has 1 saturated heterocycles. The number of nitrogens with one attached hydrogen (secondary N) is 1. The Morgan fingerprint density at radius 1 is 1.60 bits per heavy atom. The van der Waals surface area contributed by atoms with E-state index in [0.717, 1.165) is 5.56 Å². The highest BCUT2D eigenvalue weighted by Crippen LogP contribution is 2.24. The maximum absolute atomic E-state index is 12.0. The van der Waals surface area contributed by atoms with Gasteiger partial charge in [-0.15, -0.1) is 0 Å². The summed E-state index contributed by atoms with van der Waals surface area (Å²) < 4.78 is 5.45. The molecule has 0 saturated carbocycles. The lowest BCUT2D eigenvalue weighted by atomic mass is 10.0. The topological polar surface area (TPSA) is 67.6 Å². The summed E-state index contributed by atoms with van der Waals surface area (Å²) in [6.45, 7) is 4.31. The van der Waals surface area contributed by atoms with Gasteiger partial charge in [0, 0.05) is 26.2 Å². The second kappa shape index (κ2) is 6.83. The molecule has 5 heteroatoms. The molecule has 1 aromatic rings. The van der Waals surface area contributed by atoms with Crippen LogP contribution in [0.5, 0.6) is 0 Å². The third-order valence-electron chi connectivity index (χ3n) is 3.77. The van der Waals surface area contributed by atoms with E-state index < -0.39 is 0 Å². The van der Waals surface area contributed by atoms with Crippen molar-refractivity contribution < 1.29 is 9.53 Å². The number of amides is 1. The molecule has 1 heterocycles. The van der Waals surface area contributed by atoms with Crippen LogP contribution in [0.3, 0.4) is 0 Å². The molecule has 1 aromatic carbocycles. The van der Waals surface area contributed by atoms with Crippen molar-refractivity contribution in [1.82, 2.24) is 10.2 Å². The molecule has 0 bridgehead atoms. The maximum Gasteiger partial charge on any atom is 0.239 e. The van der Waals surface area contributed by atoms with Gasteiger partial charge in [-0.1, -0.05) is 29.8 Å². The molecule has 20 heavy (non-hydrogen) atoms. The van der Waals surface area contributed by atoms with E-state index in [0.29, 0.717) is 26.3 Å². The number of hydrogen-bond acceptors (Lipinski definition) is 4. The minimum absolute atomic E-state index is 0.0178. The van der Waals surface area contributed by atoms with Gasteiger partial charge >= 0.3 is 0 Å². The van der Waals surface area contributed by atoms with Gasteiger partial charge in [-0.2, -0.15) is 0 Å².